The van der Waals surface area contributed by atoms with Gasteiger partial charge >= 0.3 is 12.1 Å². The zero-order chi connectivity index (χ0) is 22.9. The minimum absolute atomic E-state index is 0.105. The van der Waals surface area contributed by atoms with Crippen molar-refractivity contribution in [3.05, 3.63) is 36.0 Å². The summed E-state index contributed by atoms with van der Waals surface area (Å²) in [6.07, 6.45) is 1.03. The Balaban J connectivity index is 0.000000307. The van der Waals surface area contributed by atoms with E-state index in [0.29, 0.717) is 5.78 Å². The van der Waals surface area contributed by atoms with Crippen molar-refractivity contribution in [2.45, 2.75) is 45.1 Å². The third-order valence-electron chi connectivity index (χ3n) is 5.15. The lowest BCUT2D eigenvalue weighted by Crippen LogP contribution is -2.34. The fourth-order valence-corrected chi connectivity index (χ4v) is 3.39. The maximum Gasteiger partial charge on any atom is 0.490 e. The molecule has 3 aromatic heterocycles. The molecule has 4 heterocycles. The first-order valence-corrected chi connectivity index (χ1v) is 10.1. The monoisotopic (exact) mass is 453 g/mol. The van der Waals surface area contributed by atoms with Crippen molar-refractivity contribution in [3.63, 3.8) is 0 Å². The number of halogens is 3. The van der Waals surface area contributed by atoms with Gasteiger partial charge in [0.05, 0.1) is 24.9 Å². The van der Waals surface area contributed by atoms with Crippen LogP contribution in [0.2, 0.25) is 0 Å². The van der Waals surface area contributed by atoms with Crippen molar-refractivity contribution in [3.8, 4) is 0 Å². The van der Waals surface area contributed by atoms with Gasteiger partial charge in [-0.2, -0.15) is 32.9 Å². The number of carboxylic acids is 1. The van der Waals surface area contributed by atoms with Gasteiger partial charge in [-0.3, -0.25) is 4.68 Å². The smallest absolute Gasteiger partial charge is 0.475 e. The number of hydrogen-bond donors (Lipinski definition) is 1. The summed E-state index contributed by atoms with van der Waals surface area (Å²) in [5.41, 5.74) is 2.11. The van der Waals surface area contributed by atoms with Gasteiger partial charge in [0.1, 0.15) is 12.1 Å². The van der Waals surface area contributed by atoms with Crippen molar-refractivity contribution in [2.24, 2.45) is 5.92 Å². The molecular weight excluding hydrogens is 431 g/mol. The number of aryl methyl sites for hydroxylation is 1. The Labute approximate surface area is 180 Å². The van der Waals surface area contributed by atoms with E-state index in [1.165, 1.54) is 18.5 Å². The van der Waals surface area contributed by atoms with Crippen LogP contribution in [0.3, 0.4) is 0 Å². The molecule has 5 rings (SSSR count). The van der Waals surface area contributed by atoms with Gasteiger partial charge in [0.2, 0.25) is 0 Å². The molecule has 0 amide bonds. The minimum Gasteiger partial charge on any atom is -0.475 e. The number of ether oxygens (including phenoxy) is 1. The van der Waals surface area contributed by atoms with E-state index in [-0.39, 0.29) is 6.10 Å². The van der Waals surface area contributed by atoms with Gasteiger partial charge in [0.25, 0.3) is 5.78 Å². The molecule has 0 radical (unpaired) electrons. The normalized spacial score (nSPS) is 18.6. The largest absolute Gasteiger partial charge is 0.490 e. The summed E-state index contributed by atoms with van der Waals surface area (Å²) in [5.74, 6) is -0.385. The molecule has 0 spiro atoms. The van der Waals surface area contributed by atoms with Gasteiger partial charge in [-0.15, -0.1) is 0 Å². The Kier molecular flexibility index (Phi) is 6.00. The Morgan fingerprint density at radius 1 is 1.28 bits per heavy atom. The molecule has 172 valence electrons. The Morgan fingerprint density at radius 2 is 2.03 bits per heavy atom. The van der Waals surface area contributed by atoms with Crippen LogP contribution in [-0.2, 0) is 22.6 Å². The SMILES string of the molecule is Cc1cc(N2Cc3ccnn3CC(OCC3CC3)C2)n2ncnc2n1.O=C(O)C(F)(F)F. The number of rotatable bonds is 4. The zero-order valence-corrected chi connectivity index (χ0v) is 17.2. The van der Waals surface area contributed by atoms with E-state index in [4.69, 9.17) is 14.6 Å². The Hall–Kier alpha value is -3.22. The predicted molar refractivity (Wildman–Crippen MR) is 105 cm³/mol. The van der Waals surface area contributed by atoms with Crippen molar-refractivity contribution >= 4 is 17.6 Å². The highest BCUT2D eigenvalue weighted by Gasteiger charge is 2.38. The fourth-order valence-electron chi connectivity index (χ4n) is 3.39. The van der Waals surface area contributed by atoms with Crippen LogP contribution in [-0.4, -0.2) is 65.9 Å². The molecule has 13 heteroatoms. The van der Waals surface area contributed by atoms with Gasteiger partial charge in [-0.05, 0) is 31.7 Å². The molecule has 1 aliphatic carbocycles. The number of hydrogen-bond acceptors (Lipinski definition) is 7. The second-order valence-electron chi connectivity index (χ2n) is 7.81. The molecule has 1 unspecified atom stereocenters. The molecule has 0 saturated heterocycles. The summed E-state index contributed by atoms with van der Waals surface area (Å²) < 4.78 is 41.8. The van der Waals surface area contributed by atoms with E-state index in [2.05, 4.69) is 41.9 Å². The van der Waals surface area contributed by atoms with Gasteiger partial charge in [-0.1, -0.05) is 0 Å². The Morgan fingerprint density at radius 3 is 2.72 bits per heavy atom. The van der Waals surface area contributed by atoms with Gasteiger partial charge in [-0.25, -0.2) is 9.78 Å². The van der Waals surface area contributed by atoms with Crippen LogP contribution in [0.5, 0.6) is 0 Å². The van der Waals surface area contributed by atoms with Crippen LogP contribution in [0.4, 0.5) is 19.0 Å². The molecule has 1 saturated carbocycles. The number of aromatic nitrogens is 6. The molecule has 32 heavy (non-hydrogen) atoms. The third-order valence-corrected chi connectivity index (χ3v) is 5.15. The lowest BCUT2D eigenvalue weighted by Gasteiger charge is -2.26. The number of anilines is 1. The summed E-state index contributed by atoms with van der Waals surface area (Å²) in [7, 11) is 0. The molecule has 1 fully saturated rings. The van der Waals surface area contributed by atoms with Gasteiger partial charge < -0.3 is 14.7 Å². The maximum atomic E-state index is 10.6. The topological polar surface area (TPSA) is 111 Å². The van der Waals surface area contributed by atoms with Crippen molar-refractivity contribution in [1.29, 1.82) is 0 Å². The molecule has 3 aromatic rings. The van der Waals surface area contributed by atoms with Crippen LogP contribution in [0.1, 0.15) is 24.2 Å². The van der Waals surface area contributed by atoms with Crippen LogP contribution >= 0.6 is 0 Å². The first kappa shape index (κ1) is 22.0. The van der Waals surface area contributed by atoms with Crippen molar-refractivity contribution < 1.29 is 27.8 Å². The summed E-state index contributed by atoms with van der Waals surface area (Å²) in [4.78, 5) is 19.9. The van der Waals surface area contributed by atoms with Crippen LogP contribution < -0.4 is 4.90 Å². The fraction of sp³-hybridized carbons (Fsp3) is 0.526. The lowest BCUT2D eigenvalue weighted by atomic mass is 10.3. The molecule has 0 bridgehead atoms. The number of aliphatic carboxylic acids is 1. The summed E-state index contributed by atoms with van der Waals surface area (Å²) in [5, 5.41) is 16.0. The van der Waals surface area contributed by atoms with E-state index in [1.807, 2.05) is 13.1 Å². The van der Waals surface area contributed by atoms with Crippen LogP contribution in [0.25, 0.3) is 5.78 Å². The highest BCUT2D eigenvalue weighted by molar-refractivity contribution is 5.73. The van der Waals surface area contributed by atoms with Crippen molar-refractivity contribution in [1.82, 2.24) is 29.4 Å². The van der Waals surface area contributed by atoms with Gasteiger partial charge in [0.15, 0.2) is 0 Å². The molecule has 10 nitrogen and oxygen atoms in total. The van der Waals surface area contributed by atoms with Crippen molar-refractivity contribution in [2.75, 3.05) is 18.1 Å². The molecule has 0 aromatic carbocycles. The Bertz CT molecular complexity index is 1090. The molecular formula is C19H22F3N7O3. The minimum atomic E-state index is -5.08. The summed E-state index contributed by atoms with van der Waals surface area (Å²) in [6, 6.07) is 4.13. The predicted octanol–water partition coefficient (Wildman–Crippen LogP) is 2.08. The summed E-state index contributed by atoms with van der Waals surface area (Å²) in [6.45, 7) is 5.19. The highest BCUT2D eigenvalue weighted by atomic mass is 19.4. The second kappa shape index (κ2) is 8.73. The van der Waals surface area contributed by atoms with E-state index >= 15 is 0 Å². The highest BCUT2D eigenvalue weighted by Crippen LogP contribution is 2.30. The number of nitrogens with zero attached hydrogens (tertiary/aromatic N) is 7. The van der Waals surface area contributed by atoms with E-state index in [0.717, 1.165) is 43.7 Å². The lowest BCUT2D eigenvalue weighted by molar-refractivity contribution is -0.192. The molecule has 1 N–H and O–H groups in total. The first-order chi connectivity index (χ1) is 15.2. The second-order valence-corrected chi connectivity index (χ2v) is 7.81. The van der Waals surface area contributed by atoms with Crippen LogP contribution in [0.15, 0.2) is 24.7 Å². The quantitative estimate of drug-likeness (QED) is 0.639. The number of carbonyl (C=O) groups is 1. The standard InChI is InChI=1S/C17H21N7O.C2HF3O2/c1-12-6-16(24-17(21-12)18-11-20-24)22-7-14-4-5-19-23(14)9-15(8-22)25-10-13-2-3-13;3-2(4,5)1(6)7/h4-6,11,13,15H,2-3,7-10H2,1H3;(H,6,7). The molecule has 1 atom stereocenters. The molecule has 1 aliphatic heterocycles. The summed E-state index contributed by atoms with van der Waals surface area (Å²) >= 11 is 0. The average Bonchev–Trinajstić information content (AvgIpc) is 3.32. The molecule has 2 aliphatic rings. The number of carboxylic acid groups (broad SMARTS) is 1. The van der Waals surface area contributed by atoms with E-state index < -0.39 is 12.1 Å². The van der Waals surface area contributed by atoms with E-state index in [9.17, 15) is 13.2 Å². The number of fused-ring (bicyclic) bond motifs is 2. The third kappa shape index (κ3) is 5.15. The van der Waals surface area contributed by atoms with E-state index in [1.54, 1.807) is 10.8 Å². The van der Waals surface area contributed by atoms with Gasteiger partial charge in [0, 0.05) is 31.1 Å². The van der Waals surface area contributed by atoms with Crippen LogP contribution in [0, 0.1) is 12.8 Å². The number of alkyl halides is 3. The first-order valence-electron chi connectivity index (χ1n) is 10.1. The average molecular weight is 453 g/mol. The maximum absolute atomic E-state index is 10.6. The zero-order valence-electron chi connectivity index (χ0n) is 17.2.